The van der Waals surface area contributed by atoms with Gasteiger partial charge in [-0.15, -0.1) is 65.7 Å². The second-order valence-corrected chi connectivity index (χ2v) is 36.8. The number of fused-ring (bicyclic) bond motifs is 4. The fourth-order valence-corrected chi connectivity index (χ4v) is 17.4. The van der Waals surface area contributed by atoms with Gasteiger partial charge in [0.1, 0.15) is 71.5 Å². The van der Waals surface area contributed by atoms with Crippen molar-refractivity contribution in [3.05, 3.63) is 125 Å². The van der Waals surface area contributed by atoms with Crippen LogP contribution in [0.4, 0.5) is 41.1 Å². The quantitative estimate of drug-likeness (QED) is 0.0573. The van der Waals surface area contributed by atoms with Crippen LogP contribution in [0.3, 0.4) is 0 Å². The molecule has 15 N–H and O–H groups in total. The van der Waals surface area contributed by atoms with Crippen LogP contribution in [0.25, 0.3) is 40.9 Å². The minimum Gasteiger partial charge on any atom is -0.477 e. The summed E-state index contributed by atoms with van der Waals surface area (Å²) in [6.07, 6.45) is -0.630. The van der Waals surface area contributed by atoms with Crippen LogP contribution in [0.2, 0.25) is 0 Å². The Bertz CT molecular complexity index is 5540. The average Bonchev–Trinajstić information content (AvgIpc) is 1.53. The number of aromatic carboxylic acids is 1. The Morgan fingerprint density at radius 3 is 1.09 bits per heavy atom. The largest absolute Gasteiger partial charge is 0.477 e. The summed E-state index contributed by atoms with van der Waals surface area (Å²) in [5.74, 6) is -3.42. The topological polar surface area (TPSA) is 500 Å². The molecule has 8 aromatic heterocycles. The normalized spacial score (nSPS) is 14.7. The van der Waals surface area contributed by atoms with E-state index in [4.69, 9.17) is 53.9 Å². The zero-order chi connectivity index (χ0) is 82.7. The van der Waals surface area contributed by atoms with Crippen molar-refractivity contribution in [3.8, 4) is 0 Å². The van der Waals surface area contributed by atoms with E-state index in [0.717, 1.165) is 119 Å². The number of hydrogen-bond donors (Lipinski definition) is 10. The molecule has 0 radical (unpaired) electrons. The van der Waals surface area contributed by atoms with E-state index in [2.05, 4.69) is 62.1 Å². The average molecular weight is 1680 g/mol. The zero-order valence-electron chi connectivity index (χ0n) is 63.3. The molecule has 2 aromatic carbocycles. The molecule has 0 bridgehead atoms. The predicted octanol–water partition coefficient (Wildman–Crippen LogP) is 8.57. The van der Waals surface area contributed by atoms with Crippen molar-refractivity contribution in [2.75, 3.05) is 75.3 Å². The van der Waals surface area contributed by atoms with E-state index in [9.17, 15) is 54.4 Å². The van der Waals surface area contributed by atoms with Gasteiger partial charge in [0.25, 0.3) is 26.8 Å². The number of carboxylic acids is 1. The number of ether oxygens (including phenoxy) is 2. The van der Waals surface area contributed by atoms with Crippen molar-refractivity contribution in [3.63, 3.8) is 0 Å². The van der Waals surface area contributed by atoms with Crippen LogP contribution in [0.5, 0.6) is 0 Å². The van der Waals surface area contributed by atoms with E-state index in [1.807, 2.05) is 96.9 Å². The summed E-state index contributed by atoms with van der Waals surface area (Å²) in [5, 5.41) is 56.1. The Hall–Kier alpha value is -9.85. The van der Waals surface area contributed by atoms with Crippen molar-refractivity contribution < 1.29 is 69.0 Å². The number of hydrogen-bond acceptors (Lipinski definition) is 30. The standard InChI is InChI=1S/C18H18FN5O3S2.C17H23N5O3S.C12H15N5OS.C9H9N3O2S.C8H16N2O2.C6H4ClFO2S/c1-9-10(2)22-23-18-14(9)15(20)16(28-18)17(25)21-11-7-24(8-11)29(26,27)13-6-4-3-5-12(13)19;1-8-9(2)20-21-15-11(8)12(18)13(26-15)14(23)19-10-6-22(7-10)16(24)25-17(3,4)5;1-5-6(2)16-17-12-8(5)9(13)10(19-12)11(18)15-7-3-14-4-7;1-3-4(2)11-12-8-5(3)6(10)7(15-8)9(13)14;1-8(2,3)12-7(11)10-4-6(9)5-10;7-11(9,10)6-4-2-1-3-5(6)8/h3-6,11H,7-8,20H2,1-2H3,(H,21,25);10H,6-7,18H2,1-5H3,(H,19,23);7,14H,3-4,13H2,1-2H3,(H,15,18);10H2,1-2H3,(H,13,14);6H,4-5,9H2,1-3H3;1-4H. The van der Waals surface area contributed by atoms with Crippen LogP contribution in [0.15, 0.2) is 58.3 Å². The molecule has 4 aliphatic rings. The maximum Gasteiger partial charge on any atom is 0.410 e. The highest BCUT2D eigenvalue weighted by Gasteiger charge is 2.40. The highest BCUT2D eigenvalue weighted by Crippen LogP contribution is 2.39. The first-order valence-electron chi connectivity index (χ1n) is 34.4. The van der Waals surface area contributed by atoms with Crippen molar-refractivity contribution >= 4 is 175 Å². The van der Waals surface area contributed by atoms with Crippen LogP contribution < -0.4 is 49.9 Å². The molecule has 112 heavy (non-hydrogen) atoms. The number of carbonyl (C=O) groups is 6. The molecule has 4 aliphatic heterocycles. The molecule has 42 heteroatoms. The SMILES string of the molecule is CC(C)(C)OC(=O)N1CC(N)C1.Cc1nnc2sc(C(=O)NC3CN(C(=O)OC(C)(C)C)C3)c(N)c2c1C.Cc1nnc2sc(C(=O)NC3CN(S(=O)(=O)c4ccccc4F)C3)c(N)c2c1C.Cc1nnc2sc(C(=O)NC3CNC3)c(N)c2c1C.Cc1nnc2sc(C(=O)O)c(N)c2c1C.O=S(=O)(Cl)c1ccccc1F. The van der Waals surface area contributed by atoms with E-state index in [1.54, 1.807) is 9.80 Å². The minimum atomic E-state index is -3.94. The number of aromatic nitrogens is 8. The molecule has 12 heterocycles. The summed E-state index contributed by atoms with van der Waals surface area (Å²) >= 11 is 4.73. The lowest BCUT2D eigenvalue weighted by atomic mass is 10.1. The lowest BCUT2D eigenvalue weighted by Crippen LogP contribution is -2.61. The van der Waals surface area contributed by atoms with Gasteiger partial charge in [0, 0.05) is 90.6 Å². The third kappa shape index (κ3) is 20.0. The molecule has 10 aromatic rings. The van der Waals surface area contributed by atoms with E-state index in [1.165, 1.54) is 53.0 Å². The van der Waals surface area contributed by atoms with Gasteiger partial charge >= 0.3 is 18.2 Å². The lowest BCUT2D eigenvalue weighted by Gasteiger charge is -2.39. The Morgan fingerprint density at radius 1 is 0.491 bits per heavy atom. The number of carbonyl (C=O) groups excluding carboxylic acids is 5. The van der Waals surface area contributed by atoms with Crippen LogP contribution in [-0.2, 0) is 28.5 Å². The highest BCUT2D eigenvalue weighted by molar-refractivity contribution is 8.13. The molecule has 0 unspecified atom stereocenters. The summed E-state index contributed by atoms with van der Waals surface area (Å²) in [6.45, 7) is 29.8. The van der Waals surface area contributed by atoms with Gasteiger partial charge in [-0.05, 0) is 143 Å². The van der Waals surface area contributed by atoms with Crippen LogP contribution in [0.1, 0.15) is 125 Å². The van der Waals surface area contributed by atoms with Gasteiger partial charge in [0.2, 0.25) is 10.0 Å². The molecule has 600 valence electrons. The number of thiophene rings is 4. The highest BCUT2D eigenvalue weighted by atomic mass is 35.7. The van der Waals surface area contributed by atoms with Crippen molar-refractivity contribution in [1.29, 1.82) is 0 Å². The molecule has 0 aliphatic carbocycles. The number of aryl methyl sites for hydroxylation is 8. The fourth-order valence-electron chi connectivity index (χ4n) is 11.0. The molecule has 0 atom stereocenters. The number of amides is 5. The van der Waals surface area contributed by atoms with E-state index >= 15 is 0 Å². The van der Waals surface area contributed by atoms with Gasteiger partial charge in [-0.25, -0.2) is 40.0 Å². The third-order valence-corrected chi connectivity index (χ3v) is 25.2. The number of sulfonamides is 1. The van der Waals surface area contributed by atoms with Gasteiger partial charge < -0.3 is 74.3 Å². The number of benzene rings is 2. The molecular weight excluding hydrogens is 1590 g/mol. The first-order valence-corrected chi connectivity index (χ1v) is 41.4. The first-order chi connectivity index (χ1) is 52.3. The summed E-state index contributed by atoms with van der Waals surface area (Å²) in [7, 11) is -2.98. The van der Waals surface area contributed by atoms with E-state index < -0.39 is 58.7 Å². The molecule has 4 fully saturated rings. The van der Waals surface area contributed by atoms with Crippen LogP contribution in [0, 0.1) is 67.0 Å². The molecule has 5 amide bonds. The third-order valence-electron chi connectivity index (χ3n) is 17.6. The molecular formula is C70H85ClF2N20O13S6. The van der Waals surface area contributed by atoms with Gasteiger partial charge in [-0.2, -0.15) is 24.7 Å². The molecule has 0 spiro atoms. The molecule has 0 saturated carbocycles. The monoisotopic (exact) mass is 1680 g/mol. The second-order valence-electron chi connectivity index (χ2n) is 28.4. The Labute approximate surface area is 663 Å². The van der Waals surface area contributed by atoms with Gasteiger partial charge in [-0.1, -0.05) is 24.3 Å². The minimum absolute atomic E-state index is 0.0607. The van der Waals surface area contributed by atoms with Crippen LogP contribution in [-0.4, -0.2) is 200 Å². The Kier molecular flexibility index (Phi) is 26.6. The number of halogens is 3. The molecule has 33 nitrogen and oxygen atoms in total. The zero-order valence-corrected chi connectivity index (χ0v) is 69.0. The summed E-state index contributed by atoms with van der Waals surface area (Å²) < 4.78 is 84.2. The molecule has 4 saturated heterocycles. The fraction of sp³-hybridized carbons (Fsp3) is 0.400. The number of anilines is 4. The number of rotatable bonds is 10. The number of nitrogens with one attached hydrogen (secondary N) is 4. The number of likely N-dealkylation sites (tertiary alicyclic amines) is 2. The van der Waals surface area contributed by atoms with Crippen molar-refractivity contribution in [1.82, 2.24) is 76.2 Å². The van der Waals surface area contributed by atoms with Gasteiger partial charge in [0.05, 0.1) is 63.7 Å². The molecule has 14 rings (SSSR count). The maximum atomic E-state index is 13.8. The Balaban J connectivity index is 0.000000160. The van der Waals surface area contributed by atoms with Crippen molar-refractivity contribution in [2.45, 2.75) is 142 Å². The van der Waals surface area contributed by atoms with E-state index in [-0.39, 0.29) is 76.7 Å². The Morgan fingerprint density at radius 2 is 0.795 bits per heavy atom. The summed E-state index contributed by atoms with van der Waals surface area (Å²) in [6, 6.07) is 9.98. The second kappa shape index (κ2) is 34.6. The van der Waals surface area contributed by atoms with E-state index in [0.29, 0.717) is 83.1 Å². The van der Waals surface area contributed by atoms with Crippen molar-refractivity contribution in [2.24, 2.45) is 5.73 Å². The lowest BCUT2D eigenvalue weighted by molar-refractivity contribution is 0.00519. The summed E-state index contributed by atoms with van der Waals surface area (Å²) in [4.78, 5) is 77.7. The number of nitrogens with two attached hydrogens (primary N) is 5. The van der Waals surface area contributed by atoms with Gasteiger partial charge in [0.15, 0.2) is 0 Å². The maximum absolute atomic E-state index is 13.8. The van der Waals surface area contributed by atoms with Gasteiger partial charge in [-0.3, -0.25) is 14.4 Å². The first kappa shape index (κ1) is 86.1. The number of nitrogens with zero attached hydrogens (tertiary/aromatic N) is 11. The predicted molar refractivity (Wildman–Crippen MR) is 427 cm³/mol. The smallest absolute Gasteiger partial charge is 0.410 e. The van der Waals surface area contributed by atoms with Crippen LogP contribution >= 0.6 is 56.0 Å². The summed E-state index contributed by atoms with van der Waals surface area (Å²) in [5.41, 5.74) is 37.2. The number of carboxylic acid groups (broad SMARTS) is 1. The number of nitrogen functional groups attached to an aromatic ring is 4.